The van der Waals surface area contributed by atoms with E-state index in [1.807, 2.05) is 48.5 Å². The van der Waals surface area contributed by atoms with Crippen molar-refractivity contribution < 1.29 is 4.79 Å². The summed E-state index contributed by atoms with van der Waals surface area (Å²) in [6.45, 7) is 0. The Balaban J connectivity index is 2.06. The van der Waals surface area contributed by atoms with Crippen molar-refractivity contribution in [2.75, 3.05) is 0 Å². The van der Waals surface area contributed by atoms with Crippen LogP contribution in [0.4, 0.5) is 0 Å². The lowest BCUT2D eigenvalue weighted by Crippen LogP contribution is -2.07. The average molecular weight is 368 g/mol. The highest BCUT2D eigenvalue weighted by molar-refractivity contribution is 9.10. The molecule has 18 heavy (non-hydrogen) atoms. The van der Waals surface area contributed by atoms with Gasteiger partial charge in [0.15, 0.2) is 0 Å². The SMILES string of the molecule is O=C(Cc1ccccc1Br)Cc1ccccc1Br. The van der Waals surface area contributed by atoms with Crippen molar-refractivity contribution in [3.05, 3.63) is 68.6 Å². The molecule has 0 aromatic heterocycles. The molecule has 0 fully saturated rings. The van der Waals surface area contributed by atoms with Gasteiger partial charge in [-0.05, 0) is 23.3 Å². The fourth-order valence-corrected chi connectivity index (χ4v) is 2.62. The number of ketones is 1. The van der Waals surface area contributed by atoms with Gasteiger partial charge in [-0.2, -0.15) is 0 Å². The third kappa shape index (κ3) is 3.53. The number of rotatable bonds is 4. The summed E-state index contributed by atoms with van der Waals surface area (Å²) in [5.74, 6) is 0.216. The fourth-order valence-electron chi connectivity index (χ4n) is 1.77. The lowest BCUT2D eigenvalue weighted by Gasteiger charge is -2.05. The van der Waals surface area contributed by atoms with Crippen molar-refractivity contribution in [2.24, 2.45) is 0 Å². The lowest BCUT2D eigenvalue weighted by atomic mass is 10.0. The molecule has 92 valence electrons. The molecule has 0 bridgehead atoms. The molecule has 0 aliphatic rings. The van der Waals surface area contributed by atoms with Crippen LogP contribution < -0.4 is 0 Å². The van der Waals surface area contributed by atoms with E-state index in [0.717, 1.165) is 20.1 Å². The van der Waals surface area contributed by atoms with E-state index in [-0.39, 0.29) is 5.78 Å². The van der Waals surface area contributed by atoms with Gasteiger partial charge in [0, 0.05) is 21.8 Å². The van der Waals surface area contributed by atoms with Crippen LogP contribution in [0.1, 0.15) is 11.1 Å². The van der Waals surface area contributed by atoms with Gasteiger partial charge < -0.3 is 0 Å². The Hall–Kier alpha value is -0.930. The smallest absolute Gasteiger partial charge is 0.141 e. The quantitative estimate of drug-likeness (QED) is 0.773. The van der Waals surface area contributed by atoms with Gasteiger partial charge in [-0.25, -0.2) is 0 Å². The normalized spacial score (nSPS) is 10.3. The molecule has 0 atom stereocenters. The van der Waals surface area contributed by atoms with E-state index in [9.17, 15) is 4.79 Å². The molecule has 3 heteroatoms. The van der Waals surface area contributed by atoms with Gasteiger partial charge in [-0.1, -0.05) is 68.3 Å². The summed E-state index contributed by atoms with van der Waals surface area (Å²) in [5, 5.41) is 0. The van der Waals surface area contributed by atoms with Crippen LogP contribution in [0.25, 0.3) is 0 Å². The molecule has 0 aliphatic heterocycles. The van der Waals surface area contributed by atoms with Crippen LogP contribution in [0.15, 0.2) is 57.5 Å². The van der Waals surface area contributed by atoms with Crippen LogP contribution in [-0.4, -0.2) is 5.78 Å². The van der Waals surface area contributed by atoms with Crippen LogP contribution >= 0.6 is 31.9 Å². The molecule has 0 radical (unpaired) electrons. The van der Waals surface area contributed by atoms with E-state index in [1.54, 1.807) is 0 Å². The minimum absolute atomic E-state index is 0.216. The molecule has 0 unspecified atom stereocenters. The number of carbonyl (C=O) groups is 1. The van der Waals surface area contributed by atoms with Crippen LogP contribution in [0, 0.1) is 0 Å². The number of hydrogen-bond donors (Lipinski definition) is 0. The van der Waals surface area contributed by atoms with Crippen molar-refractivity contribution in [1.29, 1.82) is 0 Å². The molecule has 2 aromatic carbocycles. The molecule has 0 saturated heterocycles. The molecular weight excluding hydrogens is 356 g/mol. The number of halogens is 2. The molecule has 2 rings (SSSR count). The van der Waals surface area contributed by atoms with Gasteiger partial charge in [-0.3, -0.25) is 4.79 Å². The van der Waals surface area contributed by atoms with Crippen molar-refractivity contribution >= 4 is 37.6 Å². The first-order valence-electron chi connectivity index (χ1n) is 5.65. The maximum Gasteiger partial charge on any atom is 0.141 e. The minimum atomic E-state index is 0.216. The second kappa shape index (κ2) is 6.30. The summed E-state index contributed by atoms with van der Waals surface area (Å²) in [7, 11) is 0. The number of carbonyl (C=O) groups excluding carboxylic acids is 1. The van der Waals surface area contributed by atoms with Crippen molar-refractivity contribution in [2.45, 2.75) is 12.8 Å². The molecule has 2 aromatic rings. The highest BCUT2D eigenvalue weighted by Gasteiger charge is 2.09. The molecule has 0 aliphatic carbocycles. The third-order valence-electron chi connectivity index (χ3n) is 2.69. The Morgan fingerprint density at radius 1 is 0.778 bits per heavy atom. The second-order valence-electron chi connectivity index (χ2n) is 4.08. The molecule has 1 nitrogen and oxygen atoms in total. The van der Waals surface area contributed by atoms with Gasteiger partial charge in [0.05, 0.1) is 0 Å². The van der Waals surface area contributed by atoms with Crippen LogP contribution in [0.5, 0.6) is 0 Å². The standard InChI is InChI=1S/C15H12Br2O/c16-14-7-3-1-5-11(14)9-13(18)10-12-6-2-4-8-15(12)17/h1-8H,9-10H2. The maximum absolute atomic E-state index is 12.0. The minimum Gasteiger partial charge on any atom is -0.299 e. The van der Waals surface area contributed by atoms with Crippen LogP contribution in [0.3, 0.4) is 0 Å². The summed E-state index contributed by atoms with van der Waals surface area (Å²) < 4.78 is 1.98. The van der Waals surface area contributed by atoms with Crippen molar-refractivity contribution in [3.8, 4) is 0 Å². The summed E-state index contributed by atoms with van der Waals surface area (Å²) in [5.41, 5.74) is 2.07. The third-order valence-corrected chi connectivity index (χ3v) is 4.24. The Bertz CT molecular complexity index is 514. The fraction of sp³-hybridized carbons (Fsp3) is 0.133. The maximum atomic E-state index is 12.0. The van der Waals surface area contributed by atoms with Gasteiger partial charge in [0.2, 0.25) is 0 Å². The van der Waals surface area contributed by atoms with Gasteiger partial charge in [0.1, 0.15) is 5.78 Å². The van der Waals surface area contributed by atoms with Crippen molar-refractivity contribution in [3.63, 3.8) is 0 Å². The molecule has 0 spiro atoms. The van der Waals surface area contributed by atoms with Gasteiger partial charge in [-0.15, -0.1) is 0 Å². The van der Waals surface area contributed by atoms with E-state index in [2.05, 4.69) is 31.9 Å². The first kappa shape index (κ1) is 13.5. The number of hydrogen-bond acceptors (Lipinski definition) is 1. The molecular formula is C15H12Br2O. The summed E-state index contributed by atoms with van der Waals surface area (Å²) >= 11 is 6.93. The molecule has 0 saturated carbocycles. The van der Waals surface area contributed by atoms with Gasteiger partial charge >= 0.3 is 0 Å². The van der Waals surface area contributed by atoms with E-state index >= 15 is 0 Å². The Kier molecular flexibility index (Phi) is 4.72. The zero-order valence-electron chi connectivity index (χ0n) is 9.70. The zero-order valence-corrected chi connectivity index (χ0v) is 12.9. The van der Waals surface area contributed by atoms with E-state index in [0.29, 0.717) is 12.8 Å². The van der Waals surface area contributed by atoms with E-state index < -0.39 is 0 Å². The second-order valence-corrected chi connectivity index (χ2v) is 5.78. The first-order chi connectivity index (χ1) is 8.66. The van der Waals surface area contributed by atoms with Crippen molar-refractivity contribution in [1.82, 2.24) is 0 Å². The summed E-state index contributed by atoms with van der Waals surface area (Å²) in [6, 6.07) is 15.7. The van der Waals surface area contributed by atoms with Crippen LogP contribution in [-0.2, 0) is 17.6 Å². The average Bonchev–Trinajstić information content (AvgIpc) is 2.35. The number of benzene rings is 2. The topological polar surface area (TPSA) is 17.1 Å². The highest BCUT2D eigenvalue weighted by Crippen LogP contribution is 2.20. The Labute approximate surface area is 123 Å². The Morgan fingerprint density at radius 3 is 1.56 bits per heavy atom. The summed E-state index contributed by atoms with van der Waals surface area (Å²) in [6.07, 6.45) is 0.922. The first-order valence-corrected chi connectivity index (χ1v) is 7.24. The summed E-state index contributed by atoms with van der Waals surface area (Å²) in [4.78, 5) is 12.0. The monoisotopic (exact) mass is 366 g/mol. The molecule has 0 amide bonds. The predicted molar refractivity (Wildman–Crippen MR) is 80.7 cm³/mol. The molecule has 0 heterocycles. The van der Waals surface area contributed by atoms with Gasteiger partial charge in [0.25, 0.3) is 0 Å². The number of Topliss-reactive ketones (excluding diaryl/α,β-unsaturated/α-hetero) is 1. The highest BCUT2D eigenvalue weighted by atomic mass is 79.9. The lowest BCUT2D eigenvalue weighted by molar-refractivity contribution is -0.117. The zero-order chi connectivity index (χ0) is 13.0. The Morgan fingerprint density at radius 2 is 1.17 bits per heavy atom. The van der Waals surface area contributed by atoms with E-state index in [4.69, 9.17) is 0 Å². The van der Waals surface area contributed by atoms with E-state index in [1.165, 1.54) is 0 Å². The largest absolute Gasteiger partial charge is 0.299 e. The molecule has 0 N–H and O–H groups in total. The van der Waals surface area contributed by atoms with Crippen LogP contribution in [0.2, 0.25) is 0 Å². The predicted octanol–water partition coefficient (Wildman–Crippen LogP) is 4.57.